The Balaban J connectivity index is 3.12. The summed E-state index contributed by atoms with van der Waals surface area (Å²) in [5.41, 5.74) is 0. The number of hydrogen-bond acceptors (Lipinski definition) is 1. The molecule has 1 aliphatic heterocycles. The van der Waals surface area contributed by atoms with Crippen molar-refractivity contribution in [3.8, 4) is 0 Å². The topological polar surface area (TPSA) is 9.23 Å². The fraction of sp³-hybridized carbons (Fsp3) is 1.00. The molecule has 8 heteroatoms. The second kappa shape index (κ2) is 2.53. The van der Waals surface area contributed by atoms with Crippen LogP contribution < -0.4 is 0 Å². The third kappa shape index (κ3) is 1.45. The van der Waals surface area contributed by atoms with E-state index in [4.69, 9.17) is 0 Å². The van der Waals surface area contributed by atoms with Crippen molar-refractivity contribution >= 4 is 0 Å². The Labute approximate surface area is 73.8 Å². The first-order valence-electron chi connectivity index (χ1n) is 3.44. The van der Waals surface area contributed by atoms with Crippen molar-refractivity contribution in [2.24, 2.45) is 0 Å². The lowest BCUT2D eigenvalue weighted by atomic mass is 10.0. The molecule has 0 bridgehead atoms. The first kappa shape index (κ1) is 11.5. The predicted molar refractivity (Wildman–Crippen MR) is 30.1 cm³/mol. The number of alkyl halides is 7. The van der Waals surface area contributed by atoms with Crippen molar-refractivity contribution in [1.29, 1.82) is 0 Å². The summed E-state index contributed by atoms with van der Waals surface area (Å²) in [6.07, 6.45) is -6.97. The molecule has 1 atom stereocenters. The quantitative estimate of drug-likeness (QED) is 0.624. The molecule has 0 aromatic carbocycles. The minimum atomic E-state index is -4.95. The molecule has 0 radical (unpaired) electrons. The van der Waals surface area contributed by atoms with Crippen LogP contribution in [0.15, 0.2) is 0 Å². The minimum Gasteiger partial charge on any atom is -0.272 e. The molecular weight excluding hydrogens is 221 g/mol. The number of halogens is 7. The van der Waals surface area contributed by atoms with Gasteiger partial charge in [0, 0.05) is 6.92 Å². The molecule has 0 saturated carbocycles. The van der Waals surface area contributed by atoms with Crippen LogP contribution in [0.2, 0.25) is 0 Å². The maximum absolute atomic E-state index is 12.9. The fourth-order valence-corrected chi connectivity index (χ4v) is 1.10. The summed E-state index contributed by atoms with van der Waals surface area (Å²) in [6.45, 7) is -0.248. The van der Waals surface area contributed by atoms with Crippen LogP contribution >= 0.6 is 0 Å². The average molecular weight is 226 g/mol. The van der Waals surface area contributed by atoms with E-state index in [9.17, 15) is 30.7 Å². The molecule has 0 aromatic heterocycles. The Bertz CT molecular complexity index is 245. The highest BCUT2D eigenvalue weighted by molar-refractivity contribution is 5.01. The molecule has 0 aliphatic carbocycles. The van der Waals surface area contributed by atoms with Crippen LogP contribution in [-0.2, 0) is 4.74 Å². The number of hydrogen-bond donors (Lipinski definition) is 0. The van der Waals surface area contributed by atoms with E-state index >= 15 is 0 Å². The standard InChI is InChI=1S/C6H5F7O/c1-3(7,8)6(13)4(9,10)2-5(11,12)14-6/h2H2,1H3. The smallest absolute Gasteiger partial charge is 0.272 e. The van der Waals surface area contributed by atoms with Gasteiger partial charge in [-0.3, -0.25) is 4.74 Å². The zero-order chi connectivity index (χ0) is 11.4. The largest absolute Gasteiger partial charge is 0.364 e. The van der Waals surface area contributed by atoms with Gasteiger partial charge in [-0.2, -0.15) is 22.0 Å². The average Bonchev–Trinajstić information content (AvgIpc) is 1.94. The monoisotopic (exact) mass is 226 g/mol. The summed E-state index contributed by atoms with van der Waals surface area (Å²) in [6, 6.07) is 0. The van der Waals surface area contributed by atoms with Gasteiger partial charge in [0.25, 0.3) is 0 Å². The van der Waals surface area contributed by atoms with Crippen molar-refractivity contribution < 1.29 is 35.5 Å². The molecule has 0 amide bonds. The van der Waals surface area contributed by atoms with Gasteiger partial charge in [-0.25, -0.2) is 8.78 Å². The number of ether oxygens (including phenoxy) is 1. The Hall–Kier alpha value is -0.530. The van der Waals surface area contributed by atoms with E-state index < -0.39 is 30.2 Å². The van der Waals surface area contributed by atoms with Gasteiger partial charge in [0.05, 0.1) is 0 Å². The molecule has 1 rings (SSSR count). The van der Waals surface area contributed by atoms with Gasteiger partial charge >= 0.3 is 23.8 Å². The highest BCUT2D eigenvalue weighted by Gasteiger charge is 2.79. The summed E-state index contributed by atoms with van der Waals surface area (Å²) < 4.78 is 89.8. The van der Waals surface area contributed by atoms with Crippen molar-refractivity contribution in [3.63, 3.8) is 0 Å². The SMILES string of the molecule is CC(F)(F)C1(F)OC(F)(F)CC1(F)F. The van der Waals surface area contributed by atoms with Gasteiger partial charge in [0.15, 0.2) is 0 Å². The molecule has 1 saturated heterocycles. The summed E-state index contributed by atoms with van der Waals surface area (Å²) in [5, 5.41) is 0. The molecule has 0 N–H and O–H groups in total. The highest BCUT2D eigenvalue weighted by Crippen LogP contribution is 2.57. The van der Waals surface area contributed by atoms with Crippen LogP contribution in [0.25, 0.3) is 0 Å². The van der Waals surface area contributed by atoms with E-state index in [-0.39, 0.29) is 6.92 Å². The van der Waals surface area contributed by atoms with Crippen LogP contribution in [0.1, 0.15) is 13.3 Å². The van der Waals surface area contributed by atoms with Gasteiger partial charge in [-0.1, -0.05) is 0 Å². The molecule has 1 unspecified atom stereocenters. The van der Waals surface area contributed by atoms with Crippen LogP contribution in [0.5, 0.6) is 0 Å². The summed E-state index contributed by atoms with van der Waals surface area (Å²) in [4.78, 5) is 0. The van der Waals surface area contributed by atoms with Gasteiger partial charge in [0.2, 0.25) is 0 Å². The summed E-state index contributed by atoms with van der Waals surface area (Å²) >= 11 is 0. The van der Waals surface area contributed by atoms with Crippen LogP contribution in [-0.4, -0.2) is 23.8 Å². The Morgan fingerprint density at radius 3 is 1.64 bits per heavy atom. The van der Waals surface area contributed by atoms with Gasteiger partial charge in [-0.15, -0.1) is 0 Å². The second-order valence-corrected chi connectivity index (χ2v) is 3.10. The summed E-state index contributed by atoms with van der Waals surface area (Å²) in [5.74, 6) is -14.6. The second-order valence-electron chi connectivity index (χ2n) is 3.10. The van der Waals surface area contributed by atoms with E-state index in [0.717, 1.165) is 0 Å². The normalized spacial score (nSPS) is 36.0. The van der Waals surface area contributed by atoms with Crippen molar-refractivity contribution in [1.82, 2.24) is 0 Å². The third-order valence-electron chi connectivity index (χ3n) is 1.75. The molecular formula is C6H5F7O. The van der Waals surface area contributed by atoms with E-state index in [1.165, 1.54) is 0 Å². The first-order chi connectivity index (χ1) is 5.91. The zero-order valence-electron chi connectivity index (χ0n) is 6.76. The minimum absolute atomic E-state index is 0.248. The maximum atomic E-state index is 12.9. The molecule has 1 nitrogen and oxygen atoms in total. The predicted octanol–water partition coefficient (Wildman–Crippen LogP) is 2.96. The van der Waals surface area contributed by atoms with Crippen LogP contribution in [0.3, 0.4) is 0 Å². The molecule has 14 heavy (non-hydrogen) atoms. The summed E-state index contributed by atoms with van der Waals surface area (Å²) in [7, 11) is 0. The van der Waals surface area contributed by atoms with E-state index in [1.807, 2.05) is 0 Å². The van der Waals surface area contributed by atoms with Crippen molar-refractivity contribution in [2.45, 2.75) is 37.2 Å². The molecule has 1 heterocycles. The fourth-order valence-electron chi connectivity index (χ4n) is 1.10. The van der Waals surface area contributed by atoms with Gasteiger partial charge < -0.3 is 0 Å². The van der Waals surface area contributed by atoms with E-state index in [2.05, 4.69) is 4.74 Å². The van der Waals surface area contributed by atoms with Crippen LogP contribution in [0, 0.1) is 0 Å². The lowest BCUT2D eigenvalue weighted by Crippen LogP contribution is -2.53. The van der Waals surface area contributed by atoms with Gasteiger partial charge in [0.1, 0.15) is 6.42 Å². The number of rotatable bonds is 1. The van der Waals surface area contributed by atoms with Crippen LogP contribution in [0.4, 0.5) is 30.7 Å². The van der Waals surface area contributed by atoms with Gasteiger partial charge in [-0.05, 0) is 0 Å². The Morgan fingerprint density at radius 2 is 1.50 bits per heavy atom. The zero-order valence-corrected chi connectivity index (χ0v) is 6.76. The third-order valence-corrected chi connectivity index (χ3v) is 1.75. The highest BCUT2D eigenvalue weighted by atomic mass is 19.3. The molecule has 0 spiro atoms. The molecule has 1 fully saturated rings. The Kier molecular flexibility index (Phi) is 2.09. The molecule has 84 valence electrons. The lowest BCUT2D eigenvalue weighted by molar-refractivity contribution is -0.369. The van der Waals surface area contributed by atoms with Crippen molar-refractivity contribution in [2.75, 3.05) is 0 Å². The maximum Gasteiger partial charge on any atom is 0.364 e. The molecule has 0 aromatic rings. The lowest BCUT2D eigenvalue weighted by Gasteiger charge is -2.29. The first-order valence-corrected chi connectivity index (χ1v) is 3.44. The van der Waals surface area contributed by atoms with E-state index in [1.54, 1.807) is 0 Å². The molecule has 1 aliphatic rings. The Morgan fingerprint density at radius 1 is 1.07 bits per heavy atom. The van der Waals surface area contributed by atoms with E-state index in [0.29, 0.717) is 0 Å². The van der Waals surface area contributed by atoms with Crippen molar-refractivity contribution in [3.05, 3.63) is 0 Å².